The molecule has 2 heteroatoms. The molecule has 0 atom stereocenters. The molecule has 0 bridgehead atoms. The highest BCUT2D eigenvalue weighted by atomic mass is 15.1. The van der Waals surface area contributed by atoms with Gasteiger partial charge in [-0.15, -0.1) is 0 Å². The molecule has 0 spiro atoms. The molecule has 0 amide bonds. The molecule has 0 rings (SSSR count). The van der Waals surface area contributed by atoms with Crippen molar-refractivity contribution in [3.8, 4) is 0 Å². The van der Waals surface area contributed by atoms with Gasteiger partial charge in [-0.25, -0.2) is 0 Å². The van der Waals surface area contributed by atoms with Crippen LogP contribution in [0.4, 0.5) is 0 Å². The third-order valence-corrected chi connectivity index (χ3v) is 3.68. The average Bonchev–Trinajstić information content (AvgIpc) is 2.34. The molecule has 0 aromatic rings. The zero-order chi connectivity index (χ0) is 15.4. The monoisotopic (exact) mass is 284 g/mol. The Morgan fingerprint density at radius 1 is 0.700 bits per heavy atom. The van der Waals surface area contributed by atoms with Crippen molar-refractivity contribution in [3.05, 3.63) is 0 Å². The third-order valence-electron chi connectivity index (χ3n) is 3.68. The molecule has 0 aromatic heterocycles. The fourth-order valence-corrected chi connectivity index (χ4v) is 2.19. The molecule has 0 radical (unpaired) electrons. The highest BCUT2D eigenvalue weighted by molar-refractivity contribution is 4.62. The van der Waals surface area contributed by atoms with Crippen LogP contribution in [-0.2, 0) is 0 Å². The Balaban J connectivity index is 3.72. The number of rotatable bonds is 13. The minimum absolute atomic E-state index is 0.767. The lowest BCUT2D eigenvalue weighted by Crippen LogP contribution is -2.29. The number of nitrogens with zero attached hydrogens (tertiary/aromatic N) is 1. The van der Waals surface area contributed by atoms with Crippen LogP contribution in [0.2, 0.25) is 0 Å². The van der Waals surface area contributed by atoms with Crippen molar-refractivity contribution in [2.45, 2.75) is 67.2 Å². The molecule has 0 heterocycles. The molecule has 122 valence electrons. The summed E-state index contributed by atoms with van der Waals surface area (Å²) in [5.41, 5.74) is 0. The van der Waals surface area contributed by atoms with Gasteiger partial charge in [-0.05, 0) is 76.2 Å². The van der Waals surface area contributed by atoms with Gasteiger partial charge in [-0.2, -0.15) is 0 Å². The summed E-state index contributed by atoms with van der Waals surface area (Å²) in [6.07, 6.45) is 5.32. The normalized spacial score (nSPS) is 12.3. The summed E-state index contributed by atoms with van der Waals surface area (Å²) in [7, 11) is 0. The Labute approximate surface area is 128 Å². The van der Waals surface area contributed by atoms with Crippen molar-refractivity contribution in [3.63, 3.8) is 0 Å². The molecule has 0 fully saturated rings. The Hall–Kier alpha value is -0.0800. The van der Waals surface area contributed by atoms with Crippen molar-refractivity contribution in [1.82, 2.24) is 10.2 Å². The zero-order valence-corrected chi connectivity index (χ0v) is 15.0. The summed E-state index contributed by atoms with van der Waals surface area (Å²) in [5.74, 6) is 2.41. The van der Waals surface area contributed by atoms with Gasteiger partial charge in [0, 0.05) is 0 Å². The van der Waals surface area contributed by atoms with Gasteiger partial charge in [0.05, 0.1) is 0 Å². The van der Waals surface area contributed by atoms with E-state index in [0.717, 1.165) is 24.3 Å². The summed E-state index contributed by atoms with van der Waals surface area (Å²) in [4.78, 5) is 2.68. The third kappa shape index (κ3) is 14.3. The SMILES string of the molecule is CC(C)CCN(CCCCNCC(C)C)CCC(C)C. The highest BCUT2D eigenvalue weighted by Crippen LogP contribution is 2.07. The lowest BCUT2D eigenvalue weighted by Gasteiger charge is -2.24. The van der Waals surface area contributed by atoms with E-state index in [1.165, 1.54) is 51.9 Å². The van der Waals surface area contributed by atoms with Gasteiger partial charge in [-0.1, -0.05) is 41.5 Å². The molecule has 0 saturated heterocycles. The smallest absolute Gasteiger partial charge is 0.00163 e. The van der Waals surface area contributed by atoms with Crippen molar-refractivity contribution >= 4 is 0 Å². The predicted octanol–water partition coefficient (Wildman–Crippen LogP) is 4.41. The number of nitrogens with one attached hydrogen (secondary N) is 1. The first-order valence-corrected chi connectivity index (χ1v) is 8.84. The fraction of sp³-hybridized carbons (Fsp3) is 1.00. The molecule has 0 aliphatic carbocycles. The second-order valence-corrected chi connectivity index (χ2v) is 7.51. The molecule has 0 aromatic carbocycles. The van der Waals surface area contributed by atoms with Gasteiger partial charge in [0.2, 0.25) is 0 Å². The zero-order valence-electron chi connectivity index (χ0n) is 15.0. The molecule has 1 N–H and O–H groups in total. The highest BCUT2D eigenvalue weighted by Gasteiger charge is 2.07. The Morgan fingerprint density at radius 3 is 1.70 bits per heavy atom. The maximum atomic E-state index is 3.54. The molecule has 0 unspecified atom stereocenters. The van der Waals surface area contributed by atoms with Gasteiger partial charge >= 0.3 is 0 Å². The van der Waals surface area contributed by atoms with E-state index in [-0.39, 0.29) is 0 Å². The predicted molar refractivity (Wildman–Crippen MR) is 92.3 cm³/mol. The maximum absolute atomic E-state index is 3.54. The summed E-state index contributed by atoms with van der Waals surface area (Å²) in [5, 5.41) is 3.54. The number of hydrogen-bond donors (Lipinski definition) is 1. The van der Waals surface area contributed by atoms with Crippen LogP contribution < -0.4 is 5.32 Å². The first-order valence-electron chi connectivity index (χ1n) is 8.84. The Bertz CT molecular complexity index is 188. The van der Waals surface area contributed by atoms with Crippen molar-refractivity contribution in [2.75, 3.05) is 32.7 Å². The van der Waals surface area contributed by atoms with Gasteiger partial charge in [0.15, 0.2) is 0 Å². The van der Waals surface area contributed by atoms with Crippen LogP contribution in [0, 0.1) is 17.8 Å². The molecule has 0 saturated carbocycles. The van der Waals surface area contributed by atoms with E-state index in [9.17, 15) is 0 Å². The van der Waals surface area contributed by atoms with Crippen LogP contribution in [0.15, 0.2) is 0 Å². The van der Waals surface area contributed by atoms with Crippen LogP contribution in [-0.4, -0.2) is 37.6 Å². The Kier molecular flexibility index (Phi) is 12.6. The molecule has 2 nitrogen and oxygen atoms in total. The van der Waals surface area contributed by atoms with E-state index in [1.54, 1.807) is 0 Å². The largest absolute Gasteiger partial charge is 0.316 e. The van der Waals surface area contributed by atoms with Crippen LogP contribution in [0.1, 0.15) is 67.2 Å². The van der Waals surface area contributed by atoms with Gasteiger partial charge < -0.3 is 10.2 Å². The van der Waals surface area contributed by atoms with Crippen molar-refractivity contribution < 1.29 is 0 Å². The van der Waals surface area contributed by atoms with Crippen LogP contribution in [0.25, 0.3) is 0 Å². The Morgan fingerprint density at radius 2 is 1.25 bits per heavy atom. The molecule has 0 aliphatic rings. The van der Waals surface area contributed by atoms with Crippen LogP contribution in [0.3, 0.4) is 0 Å². The van der Waals surface area contributed by atoms with Gasteiger partial charge in [0.1, 0.15) is 0 Å². The van der Waals surface area contributed by atoms with Gasteiger partial charge in [-0.3, -0.25) is 0 Å². The van der Waals surface area contributed by atoms with Crippen molar-refractivity contribution in [2.24, 2.45) is 17.8 Å². The quantitative estimate of drug-likeness (QED) is 0.504. The minimum Gasteiger partial charge on any atom is -0.316 e. The minimum atomic E-state index is 0.767. The van der Waals surface area contributed by atoms with E-state index in [1.807, 2.05) is 0 Å². The van der Waals surface area contributed by atoms with E-state index in [4.69, 9.17) is 0 Å². The first kappa shape index (κ1) is 19.9. The lowest BCUT2D eigenvalue weighted by atomic mass is 10.1. The maximum Gasteiger partial charge on any atom is -0.00163 e. The number of hydrogen-bond acceptors (Lipinski definition) is 2. The average molecular weight is 285 g/mol. The summed E-state index contributed by atoms with van der Waals surface area (Å²) in [6.45, 7) is 20.0. The second kappa shape index (κ2) is 12.6. The summed E-state index contributed by atoms with van der Waals surface area (Å²) in [6, 6.07) is 0. The standard InChI is InChI=1S/C18H40N2/c1-16(2)9-13-20(14-10-17(3)4)12-8-7-11-19-15-18(5)6/h16-19H,7-15H2,1-6H3. The summed E-state index contributed by atoms with van der Waals surface area (Å²) >= 11 is 0. The first-order chi connectivity index (χ1) is 9.41. The lowest BCUT2D eigenvalue weighted by molar-refractivity contribution is 0.239. The number of unbranched alkanes of at least 4 members (excludes halogenated alkanes) is 1. The molecule has 0 aliphatic heterocycles. The molecular formula is C18H40N2. The fourth-order valence-electron chi connectivity index (χ4n) is 2.19. The van der Waals surface area contributed by atoms with E-state index in [0.29, 0.717) is 0 Å². The summed E-state index contributed by atoms with van der Waals surface area (Å²) < 4.78 is 0. The topological polar surface area (TPSA) is 15.3 Å². The van der Waals surface area contributed by atoms with Crippen LogP contribution >= 0.6 is 0 Å². The molecule has 20 heavy (non-hydrogen) atoms. The van der Waals surface area contributed by atoms with Crippen molar-refractivity contribution in [1.29, 1.82) is 0 Å². The van der Waals surface area contributed by atoms with Gasteiger partial charge in [0.25, 0.3) is 0 Å². The molecular weight excluding hydrogens is 244 g/mol. The van der Waals surface area contributed by atoms with E-state index >= 15 is 0 Å². The van der Waals surface area contributed by atoms with E-state index < -0.39 is 0 Å². The second-order valence-electron chi connectivity index (χ2n) is 7.51. The van der Waals surface area contributed by atoms with E-state index in [2.05, 4.69) is 51.8 Å². The van der Waals surface area contributed by atoms with Crippen LogP contribution in [0.5, 0.6) is 0 Å².